The van der Waals surface area contributed by atoms with E-state index in [4.69, 9.17) is 5.73 Å². The van der Waals surface area contributed by atoms with Crippen LogP contribution in [0.5, 0.6) is 0 Å². The summed E-state index contributed by atoms with van der Waals surface area (Å²) >= 11 is 3.07. The van der Waals surface area contributed by atoms with E-state index in [0.717, 1.165) is 34.4 Å². The molecule has 0 bridgehead atoms. The predicted octanol–water partition coefficient (Wildman–Crippen LogP) is 2.52. The number of nitrogen functional groups attached to an aromatic ring is 1. The first-order chi connectivity index (χ1) is 9.63. The standard InChI is InChI=1S/C13H19N5S2/c1-8-16-10(7-19-8)11-12(14)17-20-13(11)15-5-9-3-4-18(2)6-9/h7,9,15H,3-6H2,1-2H3,(H2,14,17). The van der Waals surface area contributed by atoms with Crippen molar-refractivity contribution in [3.05, 3.63) is 10.4 Å². The molecule has 20 heavy (non-hydrogen) atoms. The molecule has 0 radical (unpaired) electrons. The van der Waals surface area contributed by atoms with Crippen LogP contribution in [0, 0.1) is 12.8 Å². The van der Waals surface area contributed by atoms with Gasteiger partial charge in [0.2, 0.25) is 0 Å². The number of aryl methyl sites for hydroxylation is 1. The number of rotatable bonds is 4. The largest absolute Gasteiger partial charge is 0.382 e. The molecule has 3 rings (SSSR count). The van der Waals surface area contributed by atoms with Crippen molar-refractivity contribution in [2.45, 2.75) is 13.3 Å². The van der Waals surface area contributed by atoms with Gasteiger partial charge in [-0.1, -0.05) is 0 Å². The second-order valence-electron chi connectivity index (χ2n) is 5.32. The summed E-state index contributed by atoms with van der Waals surface area (Å²) in [7, 11) is 2.17. The van der Waals surface area contributed by atoms with Crippen LogP contribution in [0.15, 0.2) is 5.38 Å². The molecular formula is C13H19N5S2. The van der Waals surface area contributed by atoms with E-state index < -0.39 is 0 Å². The molecule has 1 unspecified atom stereocenters. The summed E-state index contributed by atoms with van der Waals surface area (Å²) in [6.07, 6.45) is 1.25. The minimum absolute atomic E-state index is 0.575. The van der Waals surface area contributed by atoms with Crippen LogP contribution in [0.2, 0.25) is 0 Å². The Bertz CT molecular complexity index is 591. The van der Waals surface area contributed by atoms with Gasteiger partial charge in [-0.15, -0.1) is 11.3 Å². The summed E-state index contributed by atoms with van der Waals surface area (Å²) in [5, 5.41) is 7.66. The first kappa shape index (κ1) is 13.8. The monoisotopic (exact) mass is 309 g/mol. The Labute approximate surface area is 127 Å². The molecule has 3 heterocycles. The Morgan fingerprint density at radius 1 is 1.55 bits per heavy atom. The van der Waals surface area contributed by atoms with Gasteiger partial charge in [-0.2, -0.15) is 4.37 Å². The zero-order chi connectivity index (χ0) is 14.1. The Balaban J connectivity index is 1.74. The lowest BCUT2D eigenvalue weighted by Gasteiger charge is -2.12. The molecule has 5 nitrogen and oxygen atoms in total. The zero-order valence-corrected chi connectivity index (χ0v) is 13.4. The van der Waals surface area contributed by atoms with Crippen molar-refractivity contribution in [2.24, 2.45) is 5.92 Å². The van der Waals surface area contributed by atoms with Crippen molar-refractivity contribution in [1.82, 2.24) is 14.3 Å². The molecule has 0 saturated carbocycles. The number of hydrogen-bond donors (Lipinski definition) is 2. The number of thiazole rings is 1. The number of nitrogens with two attached hydrogens (primary N) is 1. The van der Waals surface area contributed by atoms with Crippen LogP contribution in [0.3, 0.4) is 0 Å². The molecule has 0 amide bonds. The molecule has 0 aliphatic carbocycles. The Hall–Kier alpha value is -1.18. The summed E-state index contributed by atoms with van der Waals surface area (Å²) in [5.74, 6) is 1.28. The second kappa shape index (κ2) is 5.67. The van der Waals surface area contributed by atoms with E-state index in [2.05, 4.69) is 26.6 Å². The van der Waals surface area contributed by atoms with Gasteiger partial charge in [0, 0.05) is 18.5 Å². The molecule has 3 N–H and O–H groups in total. The second-order valence-corrected chi connectivity index (χ2v) is 7.16. The maximum absolute atomic E-state index is 6.00. The minimum atomic E-state index is 0.575. The molecule has 1 aliphatic heterocycles. The van der Waals surface area contributed by atoms with Crippen LogP contribution in [0.25, 0.3) is 11.3 Å². The van der Waals surface area contributed by atoms with Gasteiger partial charge in [0.1, 0.15) is 10.8 Å². The van der Waals surface area contributed by atoms with Crippen molar-refractivity contribution in [3.8, 4) is 11.3 Å². The van der Waals surface area contributed by atoms with E-state index >= 15 is 0 Å². The van der Waals surface area contributed by atoms with Crippen LogP contribution in [0.4, 0.5) is 10.8 Å². The van der Waals surface area contributed by atoms with Crippen molar-refractivity contribution in [2.75, 3.05) is 37.7 Å². The Morgan fingerprint density at radius 3 is 3.05 bits per heavy atom. The lowest BCUT2D eigenvalue weighted by atomic mass is 10.1. The van der Waals surface area contributed by atoms with E-state index in [0.29, 0.717) is 11.7 Å². The van der Waals surface area contributed by atoms with Gasteiger partial charge in [0.05, 0.1) is 16.3 Å². The maximum Gasteiger partial charge on any atom is 0.148 e. The quantitative estimate of drug-likeness (QED) is 0.908. The van der Waals surface area contributed by atoms with Gasteiger partial charge < -0.3 is 16.0 Å². The number of nitrogens with one attached hydrogen (secondary N) is 1. The van der Waals surface area contributed by atoms with Crippen molar-refractivity contribution < 1.29 is 0 Å². The molecule has 1 fully saturated rings. The van der Waals surface area contributed by atoms with Gasteiger partial charge in [-0.3, -0.25) is 0 Å². The summed E-state index contributed by atoms with van der Waals surface area (Å²) in [5.41, 5.74) is 7.90. The average Bonchev–Trinajstić information content (AvgIpc) is 3.09. The maximum atomic E-state index is 6.00. The summed E-state index contributed by atoms with van der Waals surface area (Å²) < 4.78 is 4.27. The van der Waals surface area contributed by atoms with E-state index in [1.165, 1.54) is 24.5 Å². The number of nitrogens with zero attached hydrogens (tertiary/aromatic N) is 3. The number of likely N-dealkylation sites (tertiary alicyclic amines) is 1. The van der Waals surface area contributed by atoms with Gasteiger partial charge in [0.15, 0.2) is 0 Å². The predicted molar refractivity (Wildman–Crippen MR) is 86.5 cm³/mol. The van der Waals surface area contributed by atoms with Crippen molar-refractivity contribution >= 4 is 33.7 Å². The molecule has 0 aromatic carbocycles. The first-order valence-corrected chi connectivity index (χ1v) is 8.39. The van der Waals surface area contributed by atoms with Crippen LogP contribution in [-0.4, -0.2) is 40.9 Å². The minimum Gasteiger partial charge on any atom is -0.382 e. The van der Waals surface area contributed by atoms with E-state index in [1.54, 1.807) is 11.3 Å². The third-order valence-corrected chi connectivity index (χ3v) is 5.23. The molecule has 7 heteroatoms. The third kappa shape index (κ3) is 2.79. The molecule has 108 valence electrons. The number of hydrogen-bond acceptors (Lipinski definition) is 7. The molecule has 1 atom stereocenters. The molecule has 2 aromatic heterocycles. The fourth-order valence-corrected chi connectivity index (χ4v) is 3.91. The topological polar surface area (TPSA) is 67.1 Å². The Morgan fingerprint density at radius 2 is 2.40 bits per heavy atom. The van der Waals surface area contributed by atoms with E-state index in [-0.39, 0.29) is 0 Å². The highest BCUT2D eigenvalue weighted by molar-refractivity contribution is 7.11. The van der Waals surface area contributed by atoms with Crippen molar-refractivity contribution in [1.29, 1.82) is 0 Å². The lowest BCUT2D eigenvalue weighted by molar-refractivity contribution is 0.399. The smallest absolute Gasteiger partial charge is 0.148 e. The van der Waals surface area contributed by atoms with Gasteiger partial charge in [-0.25, -0.2) is 4.98 Å². The molecule has 1 saturated heterocycles. The van der Waals surface area contributed by atoms with Gasteiger partial charge in [-0.05, 0) is 44.4 Å². The highest BCUT2D eigenvalue weighted by Gasteiger charge is 2.21. The van der Waals surface area contributed by atoms with Gasteiger partial charge in [0.25, 0.3) is 0 Å². The van der Waals surface area contributed by atoms with Crippen LogP contribution in [0.1, 0.15) is 11.4 Å². The molecule has 2 aromatic rings. The lowest BCUT2D eigenvalue weighted by Crippen LogP contribution is -2.19. The summed E-state index contributed by atoms with van der Waals surface area (Å²) in [6.45, 7) is 5.33. The SMILES string of the molecule is Cc1nc(-c2c(N)nsc2NCC2CCN(C)C2)cs1. The van der Waals surface area contributed by atoms with Crippen molar-refractivity contribution in [3.63, 3.8) is 0 Å². The van der Waals surface area contributed by atoms with Crippen LogP contribution >= 0.6 is 22.9 Å². The number of aromatic nitrogens is 2. The summed E-state index contributed by atoms with van der Waals surface area (Å²) in [4.78, 5) is 6.90. The highest BCUT2D eigenvalue weighted by Crippen LogP contribution is 2.37. The fourth-order valence-electron chi connectivity index (χ4n) is 2.58. The third-order valence-electron chi connectivity index (χ3n) is 3.63. The summed E-state index contributed by atoms with van der Waals surface area (Å²) in [6, 6.07) is 0. The average molecular weight is 309 g/mol. The highest BCUT2D eigenvalue weighted by atomic mass is 32.1. The fraction of sp³-hybridized carbons (Fsp3) is 0.538. The molecule has 0 spiro atoms. The van der Waals surface area contributed by atoms with Crippen LogP contribution < -0.4 is 11.1 Å². The molecule has 1 aliphatic rings. The zero-order valence-electron chi connectivity index (χ0n) is 11.7. The van der Waals surface area contributed by atoms with E-state index in [1.807, 2.05) is 12.3 Å². The molecular weight excluding hydrogens is 290 g/mol. The Kier molecular flexibility index (Phi) is 3.91. The van der Waals surface area contributed by atoms with E-state index in [9.17, 15) is 0 Å². The normalized spacial score (nSPS) is 19.6. The number of anilines is 2. The first-order valence-electron chi connectivity index (χ1n) is 6.73. The van der Waals surface area contributed by atoms with Gasteiger partial charge >= 0.3 is 0 Å². The van der Waals surface area contributed by atoms with Crippen LogP contribution in [-0.2, 0) is 0 Å².